The Kier molecular flexibility index (Phi) is 5.10. The molecule has 0 spiro atoms. The molecule has 2 aromatic heterocycles. The van der Waals surface area contributed by atoms with E-state index in [-0.39, 0.29) is 6.10 Å². The SMILES string of the molecule is COc1cc(-n2cccn2)ccc1-c1nc2c(nc1C)CC([C@@H]1CC[C@@H](O)C1)C=C2C. The van der Waals surface area contributed by atoms with Crippen molar-refractivity contribution < 1.29 is 9.84 Å². The predicted molar refractivity (Wildman–Crippen MR) is 120 cm³/mol. The van der Waals surface area contributed by atoms with Gasteiger partial charge in [0.25, 0.3) is 0 Å². The molecule has 0 radical (unpaired) electrons. The summed E-state index contributed by atoms with van der Waals surface area (Å²) in [6, 6.07) is 7.93. The van der Waals surface area contributed by atoms with Gasteiger partial charge in [-0.05, 0) is 75.1 Å². The molecule has 0 amide bonds. The molecule has 0 aliphatic heterocycles. The number of fused-ring (bicyclic) bond motifs is 1. The summed E-state index contributed by atoms with van der Waals surface area (Å²) in [7, 11) is 1.68. The lowest BCUT2D eigenvalue weighted by Crippen LogP contribution is -2.20. The lowest BCUT2D eigenvalue weighted by atomic mass is 9.81. The summed E-state index contributed by atoms with van der Waals surface area (Å²) in [5.41, 5.74) is 6.85. The molecule has 1 saturated carbocycles. The van der Waals surface area contributed by atoms with Crippen LogP contribution in [0.1, 0.15) is 43.3 Å². The first-order chi connectivity index (χ1) is 15.0. The molecule has 31 heavy (non-hydrogen) atoms. The van der Waals surface area contributed by atoms with Gasteiger partial charge in [0.2, 0.25) is 0 Å². The van der Waals surface area contributed by atoms with E-state index in [0.717, 1.165) is 65.5 Å². The van der Waals surface area contributed by atoms with Gasteiger partial charge in [-0.25, -0.2) is 9.67 Å². The Hall–Kier alpha value is -2.99. The first-order valence-electron chi connectivity index (χ1n) is 11.0. The van der Waals surface area contributed by atoms with Gasteiger partial charge in [-0.2, -0.15) is 5.10 Å². The number of methoxy groups -OCH3 is 1. The van der Waals surface area contributed by atoms with Gasteiger partial charge in [-0.15, -0.1) is 0 Å². The van der Waals surface area contributed by atoms with Crippen LogP contribution in [0.25, 0.3) is 22.5 Å². The molecule has 3 atom stereocenters. The van der Waals surface area contributed by atoms with Crippen molar-refractivity contribution in [3.05, 3.63) is 59.8 Å². The van der Waals surface area contributed by atoms with Gasteiger partial charge in [0.05, 0.1) is 41.7 Å². The molecule has 1 fully saturated rings. The van der Waals surface area contributed by atoms with Crippen LogP contribution in [0.5, 0.6) is 5.75 Å². The number of aliphatic hydroxyl groups is 1. The van der Waals surface area contributed by atoms with E-state index in [1.165, 1.54) is 5.57 Å². The zero-order valence-electron chi connectivity index (χ0n) is 18.2. The largest absolute Gasteiger partial charge is 0.496 e. The fourth-order valence-corrected chi connectivity index (χ4v) is 5.08. The van der Waals surface area contributed by atoms with E-state index in [1.807, 2.05) is 42.1 Å². The van der Waals surface area contributed by atoms with Crippen molar-refractivity contribution in [3.8, 4) is 22.7 Å². The number of aryl methyl sites for hydroxylation is 1. The maximum Gasteiger partial charge on any atom is 0.130 e. The summed E-state index contributed by atoms with van der Waals surface area (Å²) in [6.45, 7) is 4.15. The standard InChI is InChI=1S/C25H28N4O2/c1-15-11-18(17-5-7-20(30)12-17)13-22-24(15)28-25(16(2)27-22)21-8-6-19(14-23(21)31-3)29-10-4-9-26-29/h4,6,8-11,14,17-18,20,30H,5,7,12-13H2,1-3H3/t17-,18?,20-/m1/s1. The number of aliphatic hydroxyl groups excluding tert-OH is 1. The zero-order chi connectivity index (χ0) is 21.5. The number of ether oxygens (including phenoxy) is 1. The van der Waals surface area contributed by atoms with Gasteiger partial charge in [-0.3, -0.25) is 4.98 Å². The van der Waals surface area contributed by atoms with Crippen LogP contribution in [0.15, 0.2) is 42.7 Å². The van der Waals surface area contributed by atoms with Crippen LogP contribution in [0.4, 0.5) is 0 Å². The average Bonchev–Trinajstić information content (AvgIpc) is 3.45. The number of rotatable bonds is 4. The molecule has 1 unspecified atom stereocenters. The number of nitrogens with zero attached hydrogens (tertiary/aromatic N) is 4. The van der Waals surface area contributed by atoms with Crippen LogP contribution in [-0.2, 0) is 6.42 Å². The third-order valence-electron chi connectivity index (χ3n) is 6.67. The topological polar surface area (TPSA) is 73.1 Å². The van der Waals surface area contributed by atoms with E-state index in [1.54, 1.807) is 13.3 Å². The van der Waals surface area contributed by atoms with Crippen molar-refractivity contribution in [1.29, 1.82) is 0 Å². The van der Waals surface area contributed by atoms with E-state index in [9.17, 15) is 5.11 Å². The number of hydrogen-bond acceptors (Lipinski definition) is 5. The monoisotopic (exact) mass is 416 g/mol. The van der Waals surface area contributed by atoms with E-state index in [0.29, 0.717) is 11.8 Å². The van der Waals surface area contributed by atoms with Crippen LogP contribution < -0.4 is 4.74 Å². The second kappa shape index (κ2) is 7.93. The second-order valence-electron chi connectivity index (χ2n) is 8.73. The number of aromatic nitrogens is 4. The Morgan fingerprint density at radius 1 is 1.13 bits per heavy atom. The van der Waals surface area contributed by atoms with Crippen LogP contribution in [-0.4, -0.2) is 38.1 Å². The Morgan fingerprint density at radius 2 is 2.00 bits per heavy atom. The molecular formula is C25H28N4O2. The molecule has 0 bridgehead atoms. The van der Waals surface area contributed by atoms with Gasteiger partial charge < -0.3 is 9.84 Å². The first-order valence-corrected chi connectivity index (χ1v) is 11.0. The van der Waals surface area contributed by atoms with Crippen LogP contribution >= 0.6 is 0 Å². The van der Waals surface area contributed by atoms with E-state index in [4.69, 9.17) is 14.7 Å². The summed E-state index contributed by atoms with van der Waals surface area (Å²) in [5, 5.41) is 14.3. The van der Waals surface area contributed by atoms with E-state index in [2.05, 4.69) is 18.1 Å². The summed E-state index contributed by atoms with van der Waals surface area (Å²) in [5.74, 6) is 1.72. The number of benzene rings is 1. The second-order valence-corrected chi connectivity index (χ2v) is 8.73. The van der Waals surface area contributed by atoms with Crippen LogP contribution in [0.3, 0.4) is 0 Å². The molecule has 1 aromatic carbocycles. The molecule has 0 saturated heterocycles. The fourth-order valence-electron chi connectivity index (χ4n) is 5.08. The maximum absolute atomic E-state index is 9.96. The molecular weight excluding hydrogens is 388 g/mol. The van der Waals surface area contributed by atoms with Crippen molar-refractivity contribution in [2.24, 2.45) is 11.8 Å². The minimum atomic E-state index is -0.146. The lowest BCUT2D eigenvalue weighted by molar-refractivity contribution is 0.173. The van der Waals surface area contributed by atoms with Crippen molar-refractivity contribution in [2.45, 2.75) is 45.6 Å². The smallest absolute Gasteiger partial charge is 0.130 e. The average molecular weight is 417 g/mol. The Bertz CT molecular complexity index is 1140. The summed E-state index contributed by atoms with van der Waals surface area (Å²) >= 11 is 0. The molecule has 2 aliphatic rings. The minimum Gasteiger partial charge on any atom is -0.496 e. The Morgan fingerprint density at radius 3 is 2.71 bits per heavy atom. The zero-order valence-corrected chi connectivity index (χ0v) is 18.2. The van der Waals surface area contributed by atoms with Crippen molar-refractivity contribution >= 4 is 5.57 Å². The highest BCUT2D eigenvalue weighted by Gasteiger charge is 2.32. The number of hydrogen-bond donors (Lipinski definition) is 1. The number of allylic oxidation sites excluding steroid dienone is 2. The molecule has 2 heterocycles. The van der Waals surface area contributed by atoms with Gasteiger partial charge in [-0.1, -0.05) is 6.08 Å². The quantitative estimate of drug-likeness (QED) is 0.683. The maximum atomic E-state index is 9.96. The van der Waals surface area contributed by atoms with Crippen LogP contribution in [0.2, 0.25) is 0 Å². The molecule has 6 heteroatoms. The highest BCUT2D eigenvalue weighted by Crippen LogP contribution is 2.40. The summed E-state index contributed by atoms with van der Waals surface area (Å²) in [6.07, 6.45) is 9.67. The first kappa shape index (κ1) is 19.9. The lowest BCUT2D eigenvalue weighted by Gasteiger charge is -2.27. The van der Waals surface area contributed by atoms with E-state index < -0.39 is 0 Å². The van der Waals surface area contributed by atoms with Crippen LogP contribution in [0, 0.1) is 18.8 Å². The fraction of sp³-hybridized carbons (Fsp3) is 0.400. The third-order valence-corrected chi connectivity index (χ3v) is 6.67. The van der Waals surface area contributed by atoms with Gasteiger partial charge in [0, 0.05) is 24.0 Å². The highest BCUT2D eigenvalue weighted by atomic mass is 16.5. The molecule has 3 aromatic rings. The van der Waals surface area contributed by atoms with Gasteiger partial charge in [0.15, 0.2) is 0 Å². The minimum absolute atomic E-state index is 0.146. The summed E-state index contributed by atoms with van der Waals surface area (Å²) in [4.78, 5) is 10.0. The highest BCUT2D eigenvalue weighted by molar-refractivity contribution is 5.74. The third kappa shape index (κ3) is 3.65. The van der Waals surface area contributed by atoms with Gasteiger partial charge >= 0.3 is 0 Å². The van der Waals surface area contributed by atoms with Crippen molar-refractivity contribution in [1.82, 2.24) is 19.7 Å². The van der Waals surface area contributed by atoms with Crippen molar-refractivity contribution in [3.63, 3.8) is 0 Å². The summed E-state index contributed by atoms with van der Waals surface area (Å²) < 4.78 is 7.52. The molecule has 5 rings (SSSR count). The molecule has 6 nitrogen and oxygen atoms in total. The normalized spacial score (nSPS) is 22.8. The van der Waals surface area contributed by atoms with E-state index >= 15 is 0 Å². The van der Waals surface area contributed by atoms with Crippen molar-refractivity contribution in [2.75, 3.05) is 7.11 Å². The molecule has 2 aliphatic carbocycles. The Balaban J connectivity index is 1.51. The molecule has 1 N–H and O–H groups in total. The van der Waals surface area contributed by atoms with Gasteiger partial charge in [0.1, 0.15) is 5.75 Å². The molecule has 160 valence electrons. The Labute approximate surface area is 182 Å². The predicted octanol–water partition coefficient (Wildman–Crippen LogP) is 4.38.